The van der Waals surface area contributed by atoms with E-state index in [1.165, 1.54) is 18.5 Å². The molecule has 4 rings (SSSR count). The molecule has 0 unspecified atom stereocenters. The fourth-order valence-corrected chi connectivity index (χ4v) is 3.94. The first kappa shape index (κ1) is 18.5. The number of nitrogens with two attached hydrogens (primary N) is 1. The number of aromatic amines is 1. The van der Waals surface area contributed by atoms with Crippen molar-refractivity contribution in [2.45, 2.75) is 25.2 Å². The van der Waals surface area contributed by atoms with Gasteiger partial charge in [0.25, 0.3) is 0 Å². The fourth-order valence-electron chi connectivity index (χ4n) is 3.94. The van der Waals surface area contributed by atoms with Crippen LogP contribution in [0, 0.1) is 0 Å². The molecule has 2 aromatic heterocycles. The number of nitrogen functional groups attached to an aromatic ring is 1. The Balaban J connectivity index is 1.34. The first-order chi connectivity index (χ1) is 13.8. The van der Waals surface area contributed by atoms with E-state index < -0.39 is 0 Å². The highest BCUT2D eigenvalue weighted by atomic mass is 16.5. The molecule has 28 heavy (non-hydrogen) atoms. The quantitative estimate of drug-likeness (QED) is 0.614. The normalized spacial score (nSPS) is 17.5. The summed E-state index contributed by atoms with van der Waals surface area (Å²) in [5.41, 5.74) is 9.27. The lowest BCUT2D eigenvalue weighted by molar-refractivity contribution is 0.188. The van der Waals surface area contributed by atoms with E-state index in [1.807, 2.05) is 48.7 Å². The van der Waals surface area contributed by atoms with E-state index >= 15 is 0 Å². The van der Waals surface area contributed by atoms with Crippen molar-refractivity contribution < 1.29 is 4.74 Å². The van der Waals surface area contributed by atoms with Crippen LogP contribution in [-0.4, -0.2) is 46.3 Å². The highest BCUT2D eigenvalue weighted by molar-refractivity contribution is 5.67. The van der Waals surface area contributed by atoms with Crippen LogP contribution in [0.4, 0.5) is 5.82 Å². The van der Waals surface area contributed by atoms with E-state index in [4.69, 9.17) is 10.5 Å². The van der Waals surface area contributed by atoms with E-state index in [2.05, 4.69) is 20.1 Å². The van der Waals surface area contributed by atoms with Crippen LogP contribution in [0.2, 0.25) is 0 Å². The van der Waals surface area contributed by atoms with Gasteiger partial charge in [-0.3, -0.25) is 5.10 Å². The summed E-state index contributed by atoms with van der Waals surface area (Å²) < 4.78 is 5.82. The second kappa shape index (κ2) is 8.89. The van der Waals surface area contributed by atoms with E-state index in [1.54, 1.807) is 6.20 Å². The van der Waals surface area contributed by atoms with Gasteiger partial charge in [-0.25, -0.2) is 4.98 Å². The first-order valence-corrected chi connectivity index (χ1v) is 9.95. The van der Waals surface area contributed by atoms with Gasteiger partial charge in [0.05, 0.1) is 12.8 Å². The Morgan fingerprint density at radius 1 is 1.21 bits per heavy atom. The number of benzene rings is 1. The number of pyridine rings is 1. The van der Waals surface area contributed by atoms with Gasteiger partial charge in [-0.05, 0) is 55.6 Å². The molecule has 0 amide bonds. The minimum absolute atomic E-state index is 0.454. The maximum absolute atomic E-state index is 5.86. The van der Waals surface area contributed by atoms with Crippen molar-refractivity contribution in [2.24, 2.45) is 0 Å². The smallest absolute Gasteiger partial charge is 0.123 e. The minimum atomic E-state index is 0.454. The Hall–Kier alpha value is -2.86. The second-order valence-corrected chi connectivity index (χ2v) is 7.32. The Labute approximate surface area is 165 Å². The van der Waals surface area contributed by atoms with Crippen LogP contribution in [0.1, 0.15) is 30.9 Å². The highest BCUT2D eigenvalue weighted by Gasteiger charge is 2.25. The molecule has 0 bridgehead atoms. The number of nitrogens with zero attached hydrogens (tertiary/aromatic N) is 3. The molecular weight excluding hydrogens is 350 g/mol. The van der Waals surface area contributed by atoms with Gasteiger partial charge >= 0.3 is 0 Å². The maximum Gasteiger partial charge on any atom is 0.123 e. The zero-order valence-electron chi connectivity index (χ0n) is 16.1. The molecule has 3 N–H and O–H groups in total. The number of ether oxygens (including phenoxy) is 1. The number of hydrogen-bond acceptors (Lipinski definition) is 5. The second-order valence-electron chi connectivity index (χ2n) is 7.32. The molecular formula is C22H27N5O. The summed E-state index contributed by atoms with van der Waals surface area (Å²) in [6.45, 7) is 3.99. The number of anilines is 1. The third-order valence-corrected chi connectivity index (χ3v) is 5.31. The van der Waals surface area contributed by atoms with E-state index in [-0.39, 0.29) is 0 Å². The van der Waals surface area contributed by atoms with Crippen LogP contribution in [0.15, 0.2) is 54.9 Å². The molecule has 0 aliphatic carbocycles. The SMILES string of the molecule is Nc1cc(-c2cn[nH]c2[C@H]2CCCN(CCCOc3ccccc3)C2)ccn1. The van der Waals surface area contributed by atoms with Crippen molar-refractivity contribution in [3.05, 3.63) is 60.6 Å². The molecule has 6 nitrogen and oxygen atoms in total. The van der Waals surface area contributed by atoms with Crippen LogP contribution in [-0.2, 0) is 0 Å². The number of para-hydroxylation sites is 1. The van der Waals surface area contributed by atoms with E-state index in [0.717, 1.165) is 49.5 Å². The first-order valence-electron chi connectivity index (χ1n) is 9.95. The van der Waals surface area contributed by atoms with E-state index in [9.17, 15) is 0 Å². The van der Waals surface area contributed by atoms with E-state index in [0.29, 0.717) is 11.7 Å². The Morgan fingerprint density at radius 2 is 2.11 bits per heavy atom. The summed E-state index contributed by atoms with van der Waals surface area (Å²) in [5.74, 6) is 1.93. The van der Waals surface area contributed by atoms with Crippen LogP contribution >= 0.6 is 0 Å². The van der Waals surface area contributed by atoms with Crippen molar-refractivity contribution in [3.63, 3.8) is 0 Å². The largest absolute Gasteiger partial charge is 0.494 e. The zero-order valence-corrected chi connectivity index (χ0v) is 16.1. The molecule has 1 saturated heterocycles. The average molecular weight is 377 g/mol. The van der Waals surface area contributed by atoms with Crippen LogP contribution < -0.4 is 10.5 Å². The highest BCUT2D eigenvalue weighted by Crippen LogP contribution is 2.33. The van der Waals surface area contributed by atoms with Crippen molar-refractivity contribution in [3.8, 4) is 16.9 Å². The van der Waals surface area contributed by atoms with Gasteiger partial charge in [-0.15, -0.1) is 0 Å². The minimum Gasteiger partial charge on any atom is -0.494 e. The van der Waals surface area contributed by atoms with Gasteiger partial charge in [-0.1, -0.05) is 18.2 Å². The predicted molar refractivity (Wildman–Crippen MR) is 111 cm³/mol. The Bertz CT molecular complexity index is 879. The molecule has 1 aliphatic rings. The molecule has 146 valence electrons. The van der Waals surface area contributed by atoms with Crippen molar-refractivity contribution in [1.82, 2.24) is 20.1 Å². The lowest BCUT2D eigenvalue weighted by Gasteiger charge is -2.32. The van der Waals surface area contributed by atoms with Crippen molar-refractivity contribution >= 4 is 5.82 Å². The molecule has 1 fully saturated rings. The van der Waals surface area contributed by atoms with Crippen LogP contribution in [0.25, 0.3) is 11.1 Å². The summed E-state index contributed by atoms with van der Waals surface area (Å²) in [6, 6.07) is 13.9. The zero-order chi connectivity index (χ0) is 19.2. The average Bonchev–Trinajstić information content (AvgIpc) is 3.22. The summed E-state index contributed by atoms with van der Waals surface area (Å²) in [5, 5.41) is 7.55. The molecule has 0 radical (unpaired) electrons. The monoisotopic (exact) mass is 377 g/mol. The van der Waals surface area contributed by atoms with Gasteiger partial charge < -0.3 is 15.4 Å². The number of piperidine rings is 1. The Morgan fingerprint density at radius 3 is 2.96 bits per heavy atom. The number of nitrogens with one attached hydrogen (secondary N) is 1. The molecule has 3 aromatic rings. The van der Waals surface area contributed by atoms with Crippen LogP contribution in [0.3, 0.4) is 0 Å². The van der Waals surface area contributed by atoms with Gasteiger partial charge in [0, 0.05) is 36.5 Å². The van der Waals surface area contributed by atoms with Crippen molar-refractivity contribution in [2.75, 3.05) is 32.0 Å². The van der Waals surface area contributed by atoms with Gasteiger partial charge in [0.1, 0.15) is 11.6 Å². The number of aromatic nitrogens is 3. The maximum atomic E-state index is 5.86. The third-order valence-electron chi connectivity index (χ3n) is 5.31. The summed E-state index contributed by atoms with van der Waals surface area (Å²) >= 11 is 0. The molecule has 0 saturated carbocycles. The Kier molecular flexibility index (Phi) is 5.87. The molecule has 6 heteroatoms. The number of likely N-dealkylation sites (tertiary alicyclic amines) is 1. The lowest BCUT2D eigenvalue weighted by Crippen LogP contribution is -2.35. The van der Waals surface area contributed by atoms with Gasteiger partial charge in [-0.2, -0.15) is 5.10 Å². The van der Waals surface area contributed by atoms with Crippen molar-refractivity contribution in [1.29, 1.82) is 0 Å². The molecule has 3 heterocycles. The standard InChI is InChI=1S/C22H27N5O/c23-21-14-17(9-10-24-21)20-15-25-26-22(20)18-6-4-11-27(16-18)12-5-13-28-19-7-2-1-3-8-19/h1-3,7-10,14-15,18H,4-6,11-13,16H2,(H2,23,24)(H,25,26)/t18-/m0/s1. The number of hydrogen-bond donors (Lipinski definition) is 2. The molecule has 1 atom stereocenters. The third kappa shape index (κ3) is 4.51. The lowest BCUT2D eigenvalue weighted by atomic mass is 9.90. The van der Waals surface area contributed by atoms with Crippen LogP contribution in [0.5, 0.6) is 5.75 Å². The number of H-pyrrole nitrogens is 1. The summed E-state index contributed by atoms with van der Waals surface area (Å²) in [6.07, 6.45) is 7.05. The fraction of sp³-hybridized carbons (Fsp3) is 0.364. The molecule has 0 spiro atoms. The topological polar surface area (TPSA) is 80.1 Å². The predicted octanol–water partition coefficient (Wildman–Crippen LogP) is 3.70. The number of rotatable bonds is 7. The summed E-state index contributed by atoms with van der Waals surface area (Å²) in [7, 11) is 0. The van der Waals surface area contributed by atoms with Gasteiger partial charge in [0.15, 0.2) is 0 Å². The molecule has 1 aliphatic heterocycles. The molecule has 1 aromatic carbocycles. The van der Waals surface area contributed by atoms with Gasteiger partial charge in [0.2, 0.25) is 0 Å². The summed E-state index contributed by atoms with van der Waals surface area (Å²) in [4.78, 5) is 6.63.